The molecule has 0 fully saturated rings. The summed E-state index contributed by atoms with van der Waals surface area (Å²) in [5, 5.41) is 19.9. The van der Waals surface area contributed by atoms with Gasteiger partial charge >= 0.3 is 12.1 Å². The Morgan fingerprint density at radius 1 is 1.00 bits per heavy atom. The molecule has 186 valence electrons. The maximum Gasteiger partial charge on any atom is 0.408 e. The van der Waals surface area contributed by atoms with Crippen LogP contribution in [0.15, 0.2) is 54.6 Å². The number of nitrogens with zero attached hydrogens (tertiary/aromatic N) is 1. The van der Waals surface area contributed by atoms with Gasteiger partial charge in [0, 0.05) is 6.42 Å². The Labute approximate surface area is 216 Å². The van der Waals surface area contributed by atoms with E-state index in [1.807, 2.05) is 30.3 Å². The Balaban J connectivity index is 1.32. The van der Waals surface area contributed by atoms with Crippen molar-refractivity contribution in [2.75, 3.05) is 6.61 Å². The average Bonchev–Trinajstić information content (AvgIpc) is 2.87. The smallest absolute Gasteiger partial charge is 0.408 e. The quantitative estimate of drug-likeness (QED) is 0.444. The SMILES string of the molecule is O=C(O)[C@@H]1Cc2cc3c(cc2CN1C(=O)O)O[C@@H](c1cccc(OCc2ccc(Cl)c(Cl)c2)c1)CO3. The largest absolute Gasteiger partial charge is 0.489 e. The first kappa shape index (κ1) is 24.1. The van der Waals surface area contributed by atoms with Crippen LogP contribution < -0.4 is 14.2 Å². The molecule has 0 aromatic heterocycles. The molecule has 0 radical (unpaired) electrons. The van der Waals surface area contributed by atoms with Crippen molar-refractivity contribution in [2.45, 2.75) is 31.7 Å². The monoisotopic (exact) mass is 529 g/mol. The maximum absolute atomic E-state index is 11.6. The van der Waals surface area contributed by atoms with Gasteiger partial charge < -0.3 is 24.4 Å². The molecule has 36 heavy (non-hydrogen) atoms. The Kier molecular flexibility index (Phi) is 6.55. The van der Waals surface area contributed by atoms with Gasteiger partial charge in [-0.05, 0) is 58.7 Å². The molecule has 3 aromatic carbocycles. The number of carbonyl (C=O) groups is 2. The van der Waals surface area contributed by atoms with E-state index in [4.69, 9.17) is 37.4 Å². The van der Waals surface area contributed by atoms with Crippen molar-refractivity contribution in [2.24, 2.45) is 0 Å². The summed E-state index contributed by atoms with van der Waals surface area (Å²) in [5.74, 6) is 0.450. The van der Waals surface area contributed by atoms with Crippen LogP contribution in [-0.2, 0) is 24.4 Å². The molecule has 10 heteroatoms. The highest BCUT2D eigenvalue weighted by Crippen LogP contribution is 2.41. The number of carboxylic acid groups (broad SMARTS) is 2. The molecule has 1 amide bonds. The first-order valence-electron chi connectivity index (χ1n) is 11.1. The molecule has 2 N–H and O–H groups in total. The second-order valence-corrected chi connectivity index (χ2v) is 9.38. The van der Waals surface area contributed by atoms with Crippen LogP contribution in [-0.4, -0.2) is 39.8 Å². The third kappa shape index (κ3) is 4.87. The highest BCUT2D eigenvalue weighted by molar-refractivity contribution is 6.42. The van der Waals surface area contributed by atoms with Gasteiger partial charge in [-0.15, -0.1) is 0 Å². The van der Waals surface area contributed by atoms with Gasteiger partial charge in [-0.1, -0.05) is 41.4 Å². The molecule has 0 spiro atoms. The molecule has 0 bridgehead atoms. The van der Waals surface area contributed by atoms with E-state index in [0.717, 1.165) is 21.6 Å². The van der Waals surface area contributed by atoms with Gasteiger partial charge in [-0.25, -0.2) is 9.59 Å². The highest BCUT2D eigenvalue weighted by Gasteiger charge is 2.36. The predicted octanol–water partition coefficient (Wildman–Crippen LogP) is 5.57. The van der Waals surface area contributed by atoms with E-state index in [2.05, 4.69) is 0 Å². The van der Waals surface area contributed by atoms with Crippen LogP contribution in [0.25, 0.3) is 0 Å². The van der Waals surface area contributed by atoms with Gasteiger partial charge in [-0.2, -0.15) is 0 Å². The lowest BCUT2D eigenvalue weighted by molar-refractivity contribution is -0.143. The lowest BCUT2D eigenvalue weighted by atomic mass is 9.93. The number of hydrogen-bond donors (Lipinski definition) is 2. The zero-order valence-corrected chi connectivity index (χ0v) is 20.3. The fourth-order valence-corrected chi connectivity index (χ4v) is 4.66. The molecule has 5 rings (SSSR count). The molecule has 2 aliphatic rings. The van der Waals surface area contributed by atoms with Gasteiger partial charge in [0.1, 0.15) is 25.0 Å². The highest BCUT2D eigenvalue weighted by atomic mass is 35.5. The zero-order valence-electron chi connectivity index (χ0n) is 18.8. The lowest BCUT2D eigenvalue weighted by Crippen LogP contribution is -2.48. The maximum atomic E-state index is 11.6. The Morgan fingerprint density at radius 2 is 1.81 bits per heavy atom. The fraction of sp³-hybridized carbons (Fsp3) is 0.231. The molecule has 0 aliphatic carbocycles. The molecule has 0 unspecified atom stereocenters. The number of halogens is 2. The first-order chi connectivity index (χ1) is 17.3. The average molecular weight is 530 g/mol. The minimum absolute atomic E-state index is 0.0407. The molecule has 3 aromatic rings. The number of benzene rings is 3. The number of fused-ring (bicyclic) bond motifs is 2. The van der Waals surface area contributed by atoms with Gasteiger partial charge in [0.05, 0.1) is 16.6 Å². The van der Waals surface area contributed by atoms with Crippen LogP contribution in [0.4, 0.5) is 4.79 Å². The second kappa shape index (κ2) is 9.79. The summed E-state index contributed by atoms with van der Waals surface area (Å²) < 4.78 is 18.1. The number of hydrogen-bond acceptors (Lipinski definition) is 5. The number of rotatable bonds is 5. The summed E-state index contributed by atoms with van der Waals surface area (Å²) in [5.41, 5.74) is 3.16. The van der Waals surface area contributed by atoms with E-state index >= 15 is 0 Å². The van der Waals surface area contributed by atoms with E-state index in [1.54, 1.807) is 24.3 Å². The minimum atomic E-state index is -1.28. The number of amides is 1. The van der Waals surface area contributed by atoms with Crippen LogP contribution in [0.5, 0.6) is 17.2 Å². The number of ether oxygens (including phenoxy) is 3. The van der Waals surface area contributed by atoms with Gasteiger partial charge in [-0.3, -0.25) is 4.90 Å². The molecule has 2 aliphatic heterocycles. The Morgan fingerprint density at radius 3 is 2.56 bits per heavy atom. The van der Waals surface area contributed by atoms with E-state index in [1.165, 1.54) is 0 Å². The molecule has 2 heterocycles. The van der Waals surface area contributed by atoms with E-state index in [-0.39, 0.29) is 19.6 Å². The van der Waals surface area contributed by atoms with Gasteiger partial charge in [0.25, 0.3) is 0 Å². The Bertz CT molecular complexity index is 1350. The zero-order chi connectivity index (χ0) is 25.4. The summed E-state index contributed by atoms with van der Waals surface area (Å²) in [6.07, 6.45) is -1.62. The van der Waals surface area contributed by atoms with Crippen molar-refractivity contribution in [1.29, 1.82) is 0 Å². The van der Waals surface area contributed by atoms with Crippen LogP contribution in [0, 0.1) is 0 Å². The first-order valence-corrected chi connectivity index (χ1v) is 11.9. The van der Waals surface area contributed by atoms with Crippen molar-refractivity contribution in [3.05, 3.63) is 86.9 Å². The predicted molar refractivity (Wildman–Crippen MR) is 131 cm³/mol. The summed E-state index contributed by atoms with van der Waals surface area (Å²) >= 11 is 12.0. The minimum Gasteiger partial charge on any atom is -0.489 e. The fourth-order valence-electron chi connectivity index (χ4n) is 4.34. The normalized spacial score (nSPS) is 18.3. The number of carboxylic acids is 1. The third-order valence-corrected chi connectivity index (χ3v) is 6.94. The standard InChI is InChI=1S/C26H21Cl2NO7/c27-19-5-4-14(6-20(19)28)12-34-18-3-1-2-15(7-18)24-13-35-22-9-16-8-21(25(30)31)29(26(32)33)11-17(16)10-23(22)36-24/h1-7,9-10,21,24H,8,11-13H2,(H,30,31)(H,32,33)/t21-,24+/m0/s1. The van der Waals surface area contributed by atoms with Crippen LogP contribution in [0.3, 0.4) is 0 Å². The Hall–Kier alpha value is -3.62. The van der Waals surface area contributed by atoms with Crippen LogP contribution in [0.1, 0.15) is 28.4 Å². The van der Waals surface area contributed by atoms with Crippen molar-refractivity contribution in [1.82, 2.24) is 4.90 Å². The van der Waals surface area contributed by atoms with Gasteiger partial charge in [0.15, 0.2) is 17.6 Å². The summed E-state index contributed by atoms with van der Waals surface area (Å²) in [6, 6.07) is 15.1. The molecule has 0 saturated heterocycles. The van der Waals surface area contributed by atoms with E-state index < -0.39 is 24.2 Å². The van der Waals surface area contributed by atoms with Crippen molar-refractivity contribution in [3.8, 4) is 17.2 Å². The van der Waals surface area contributed by atoms with Crippen LogP contribution in [0.2, 0.25) is 10.0 Å². The molecular formula is C26H21Cl2NO7. The van der Waals surface area contributed by atoms with Crippen molar-refractivity contribution >= 4 is 35.3 Å². The summed E-state index contributed by atoms with van der Waals surface area (Å²) in [4.78, 5) is 24.1. The molecule has 0 saturated carbocycles. The molecular weight excluding hydrogens is 509 g/mol. The van der Waals surface area contributed by atoms with Crippen LogP contribution >= 0.6 is 23.2 Å². The summed E-state index contributed by atoms with van der Waals surface area (Å²) in [7, 11) is 0. The third-order valence-electron chi connectivity index (χ3n) is 6.21. The summed E-state index contributed by atoms with van der Waals surface area (Å²) in [6.45, 7) is 0.529. The molecule has 8 nitrogen and oxygen atoms in total. The lowest BCUT2D eigenvalue weighted by Gasteiger charge is -2.34. The number of aliphatic carboxylic acids is 1. The van der Waals surface area contributed by atoms with E-state index in [9.17, 15) is 19.8 Å². The van der Waals surface area contributed by atoms with E-state index in [0.29, 0.717) is 39.5 Å². The van der Waals surface area contributed by atoms with Crippen molar-refractivity contribution in [3.63, 3.8) is 0 Å². The van der Waals surface area contributed by atoms with Crippen molar-refractivity contribution < 1.29 is 34.0 Å². The molecule has 2 atom stereocenters. The topological polar surface area (TPSA) is 106 Å². The van der Waals surface area contributed by atoms with Gasteiger partial charge in [0.2, 0.25) is 0 Å². The second-order valence-electron chi connectivity index (χ2n) is 8.56.